The van der Waals surface area contributed by atoms with E-state index in [0.29, 0.717) is 42.2 Å². The van der Waals surface area contributed by atoms with Gasteiger partial charge in [0.05, 0.1) is 12.1 Å². The minimum atomic E-state index is -0.908. The maximum atomic E-state index is 13.0. The Labute approximate surface area is 387 Å². The molecule has 0 atom stereocenters. The van der Waals surface area contributed by atoms with Gasteiger partial charge in [-0.25, -0.2) is 14.8 Å². The molecule has 0 saturated carbocycles. The summed E-state index contributed by atoms with van der Waals surface area (Å²) in [5.41, 5.74) is 11.8. The normalized spacial score (nSPS) is 14.2. The van der Waals surface area contributed by atoms with Gasteiger partial charge in [0.1, 0.15) is 22.3 Å². The Bertz CT molecular complexity index is 2690. The van der Waals surface area contributed by atoms with Gasteiger partial charge >= 0.3 is 5.97 Å². The van der Waals surface area contributed by atoms with Crippen LogP contribution in [0, 0.1) is 0 Å². The van der Waals surface area contributed by atoms with Crippen LogP contribution in [0.15, 0.2) is 157 Å². The number of carboxylic acid groups (broad SMARTS) is 1. The van der Waals surface area contributed by atoms with Gasteiger partial charge < -0.3 is 29.8 Å². The summed E-state index contributed by atoms with van der Waals surface area (Å²) < 4.78 is 3.69. The fraction of sp³-hybridized carbons (Fsp3) is 0.255. The van der Waals surface area contributed by atoms with Crippen molar-refractivity contribution >= 4 is 51.2 Å². The van der Waals surface area contributed by atoms with Gasteiger partial charge in [0, 0.05) is 87.2 Å². The molecular formula is C51H53N9O3S2. The molecule has 0 spiro atoms. The van der Waals surface area contributed by atoms with Crippen LogP contribution in [0.3, 0.4) is 0 Å². The number of carbonyl (C=O) groups is 2. The van der Waals surface area contributed by atoms with E-state index >= 15 is 0 Å². The second-order valence-corrected chi connectivity index (χ2v) is 18.0. The number of nitrogens with zero attached hydrogens (tertiary/aromatic N) is 8. The van der Waals surface area contributed by atoms with Gasteiger partial charge in [0.2, 0.25) is 0 Å². The Hall–Kier alpha value is -6.90. The largest absolute Gasteiger partial charge is 0.477 e. The summed E-state index contributed by atoms with van der Waals surface area (Å²) in [6, 6.07) is 36.4. The molecular weight excluding hydrogens is 851 g/mol. The van der Waals surface area contributed by atoms with Crippen molar-refractivity contribution in [3.8, 4) is 0 Å². The molecule has 2 saturated heterocycles. The van der Waals surface area contributed by atoms with E-state index < -0.39 is 5.97 Å². The fourth-order valence-corrected chi connectivity index (χ4v) is 9.81. The van der Waals surface area contributed by atoms with Crippen LogP contribution in [0.25, 0.3) is 0 Å². The first-order chi connectivity index (χ1) is 31.9. The van der Waals surface area contributed by atoms with Gasteiger partial charge in [0.15, 0.2) is 10.9 Å². The molecule has 2 fully saturated rings. The van der Waals surface area contributed by atoms with Gasteiger partial charge in [-0.1, -0.05) is 60.7 Å². The number of rotatable bonds is 12. The number of aromatic nitrogens is 6. The number of hydrogen-bond acceptors (Lipinski definition) is 11. The van der Waals surface area contributed by atoms with Crippen molar-refractivity contribution in [3.63, 3.8) is 0 Å². The predicted molar refractivity (Wildman–Crippen MR) is 260 cm³/mol. The molecule has 0 bridgehead atoms. The monoisotopic (exact) mass is 903 g/mol. The Kier molecular flexibility index (Phi) is 15.2. The highest BCUT2D eigenvalue weighted by molar-refractivity contribution is 7.13. The number of nitrogen functional groups attached to an aromatic ring is 1. The first-order valence-electron chi connectivity index (χ1n) is 22.0. The first-order valence-corrected chi connectivity index (χ1v) is 23.7. The van der Waals surface area contributed by atoms with Crippen LogP contribution >= 0.6 is 22.7 Å². The molecule has 8 aromatic rings. The Morgan fingerprint density at radius 3 is 1.52 bits per heavy atom. The van der Waals surface area contributed by atoms with Crippen molar-refractivity contribution in [1.82, 2.24) is 29.1 Å². The number of aromatic carboxylic acids is 1. The molecule has 12 nitrogen and oxygen atoms in total. The molecule has 2 aliphatic heterocycles. The van der Waals surface area contributed by atoms with E-state index in [0.717, 1.165) is 72.5 Å². The Morgan fingerprint density at radius 2 is 1.05 bits per heavy atom. The SMILES string of the molecule is Nc1nc(N2CCC(c3ccccc3)CC2)cs1.O=C(Cc1nc(N2CCC(c3ccccc3)CC2)cs1)c1cccn1Cc1ccncc1.O=C(O)c1cccn1Cc1ccncc1. The van der Waals surface area contributed by atoms with Crippen molar-refractivity contribution in [2.24, 2.45) is 0 Å². The van der Waals surface area contributed by atoms with Gasteiger partial charge in [-0.15, -0.1) is 22.7 Å². The third-order valence-electron chi connectivity index (χ3n) is 11.9. The second-order valence-electron chi connectivity index (χ2n) is 16.1. The molecule has 3 N–H and O–H groups in total. The van der Waals surface area contributed by atoms with Crippen LogP contribution in [-0.4, -0.2) is 72.1 Å². The lowest BCUT2D eigenvalue weighted by molar-refractivity contribution is 0.0685. The number of benzene rings is 2. The lowest BCUT2D eigenvalue weighted by Crippen LogP contribution is -2.33. The molecule has 2 aromatic carbocycles. The number of anilines is 3. The summed E-state index contributed by atoms with van der Waals surface area (Å²) in [5.74, 6) is 2.57. The zero-order chi connectivity index (χ0) is 44.8. The average molecular weight is 904 g/mol. The standard InChI is InChI=1S/C26H26N4OS.C14H17N3S.C11H10N2O2/c31-24(23-7-4-14-30(23)18-20-8-12-27-13-9-20)17-26-28-25(19-32-26)29-15-10-22(11-16-29)21-5-2-1-3-6-21;15-14-16-13(10-18-14)17-8-6-12(7-9-17)11-4-2-1-3-5-11;14-11(15)10-2-1-7-13(10)8-9-3-5-12-6-4-9/h1-9,12-14,19,22H,10-11,15-18H2;1-5,10,12H,6-9H2,(H2,15,16);1-7H,8H2,(H,14,15). The molecule has 65 heavy (non-hydrogen) atoms. The lowest BCUT2D eigenvalue weighted by Gasteiger charge is -2.32. The predicted octanol–water partition coefficient (Wildman–Crippen LogP) is 9.94. The van der Waals surface area contributed by atoms with Crippen LogP contribution in [-0.2, 0) is 19.5 Å². The van der Waals surface area contributed by atoms with Crippen molar-refractivity contribution in [1.29, 1.82) is 0 Å². The van der Waals surface area contributed by atoms with Crippen molar-refractivity contribution in [2.75, 3.05) is 41.7 Å². The number of thiazole rings is 2. The van der Waals surface area contributed by atoms with Gasteiger partial charge in [0.25, 0.3) is 0 Å². The minimum Gasteiger partial charge on any atom is -0.477 e. The minimum absolute atomic E-state index is 0.104. The van der Waals surface area contributed by atoms with Crippen LogP contribution < -0.4 is 15.5 Å². The Morgan fingerprint density at radius 1 is 0.585 bits per heavy atom. The molecule has 2 aliphatic rings. The lowest BCUT2D eigenvalue weighted by atomic mass is 9.89. The van der Waals surface area contributed by atoms with E-state index in [1.807, 2.05) is 47.2 Å². The summed E-state index contributed by atoms with van der Waals surface area (Å²) in [7, 11) is 0. The highest BCUT2D eigenvalue weighted by Gasteiger charge is 2.24. The van der Waals surface area contributed by atoms with Gasteiger partial charge in [-0.2, -0.15) is 0 Å². The smallest absolute Gasteiger partial charge is 0.352 e. The van der Waals surface area contributed by atoms with E-state index in [4.69, 9.17) is 15.8 Å². The zero-order valence-electron chi connectivity index (χ0n) is 36.2. The summed E-state index contributed by atoms with van der Waals surface area (Å²) in [6.07, 6.45) is 15.7. The third kappa shape index (κ3) is 12.2. The topological polar surface area (TPSA) is 148 Å². The second kappa shape index (κ2) is 22.1. The summed E-state index contributed by atoms with van der Waals surface area (Å²) >= 11 is 3.10. The molecule has 0 unspecified atom stereocenters. The Balaban J connectivity index is 0.000000147. The van der Waals surface area contributed by atoms with E-state index in [1.54, 1.807) is 59.0 Å². The number of hydrogen-bond donors (Lipinski definition) is 2. The number of nitrogens with two attached hydrogens (primary N) is 1. The summed E-state index contributed by atoms with van der Waals surface area (Å²) in [5, 5.41) is 14.6. The van der Waals surface area contributed by atoms with Crippen molar-refractivity contribution in [2.45, 2.75) is 57.0 Å². The van der Waals surface area contributed by atoms with Crippen LogP contribution in [0.1, 0.15) is 85.8 Å². The quantitative estimate of drug-likeness (QED) is 0.114. The van der Waals surface area contributed by atoms with E-state index in [2.05, 4.69) is 96.2 Å². The van der Waals surface area contributed by atoms with Crippen molar-refractivity contribution in [3.05, 3.63) is 196 Å². The molecule has 14 heteroatoms. The number of Topliss-reactive ketones (excluding diaryl/α,β-unsaturated/α-hetero) is 1. The number of carbonyl (C=O) groups excluding carboxylic acids is 1. The summed E-state index contributed by atoms with van der Waals surface area (Å²) in [6.45, 7) is 5.37. The number of pyridine rings is 2. The number of ketones is 1. The molecule has 332 valence electrons. The molecule has 10 rings (SSSR count). The van der Waals surface area contributed by atoms with Crippen LogP contribution in [0.2, 0.25) is 0 Å². The van der Waals surface area contributed by atoms with E-state index in [1.165, 1.54) is 35.3 Å². The summed E-state index contributed by atoms with van der Waals surface area (Å²) in [4.78, 5) is 45.7. The highest BCUT2D eigenvalue weighted by atomic mass is 32.1. The molecule has 0 radical (unpaired) electrons. The fourth-order valence-electron chi connectivity index (χ4n) is 8.43. The van der Waals surface area contributed by atoms with Crippen LogP contribution in [0.4, 0.5) is 16.8 Å². The zero-order valence-corrected chi connectivity index (χ0v) is 37.8. The third-order valence-corrected chi connectivity index (χ3v) is 13.4. The number of piperidine rings is 2. The molecule has 0 aliphatic carbocycles. The average Bonchev–Trinajstić information content (AvgIpc) is 4.20. The highest BCUT2D eigenvalue weighted by Crippen LogP contribution is 2.32. The van der Waals surface area contributed by atoms with Gasteiger partial charge in [-0.05, 0) is 108 Å². The van der Waals surface area contributed by atoms with Crippen LogP contribution in [0.5, 0.6) is 0 Å². The van der Waals surface area contributed by atoms with Gasteiger partial charge in [-0.3, -0.25) is 14.8 Å². The maximum Gasteiger partial charge on any atom is 0.352 e. The van der Waals surface area contributed by atoms with E-state index in [9.17, 15) is 9.59 Å². The molecule has 8 heterocycles. The van der Waals surface area contributed by atoms with Crippen molar-refractivity contribution < 1.29 is 14.7 Å². The number of carboxylic acids is 1. The molecule has 0 amide bonds. The maximum absolute atomic E-state index is 13.0. The first kappa shape index (κ1) is 44.7. The van der Waals surface area contributed by atoms with E-state index in [-0.39, 0.29) is 5.78 Å². The molecule has 6 aromatic heterocycles.